The van der Waals surface area contributed by atoms with Crippen molar-refractivity contribution in [3.8, 4) is 0 Å². The number of alkyl halides is 3. The van der Waals surface area contributed by atoms with Crippen LogP contribution in [0.5, 0.6) is 0 Å². The fourth-order valence-electron chi connectivity index (χ4n) is 2.48. The summed E-state index contributed by atoms with van der Waals surface area (Å²) < 4.78 is 38.8. The minimum Gasteiger partial charge on any atom is -0.343 e. The Bertz CT molecular complexity index is 868. The van der Waals surface area contributed by atoms with Crippen molar-refractivity contribution >= 4 is 17.7 Å². The van der Waals surface area contributed by atoms with Crippen LogP contribution in [-0.2, 0) is 6.54 Å². The average molecular weight is 392 g/mol. The van der Waals surface area contributed by atoms with Crippen LogP contribution in [0.2, 0.25) is 0 Å². The van der Waals surface area contributed by atoms with Gasteiger partial charge in [0.1, 0.15) is 12.7 Å². The highest BCUT2D eigenvalue weighted by Crippen LogP contribution is 2.36. The zero-order valence-electron chi connectivity index (χ0n) is 13.9. The molecule has 1 atom stereocenters. The Morgan fingerprint density at radius 1 is 1.11 bits per heavy atom. The van der Waals surface area contributed by atoms with Gasteiger partial charge in [-0.05, 0) is 41.6 Å². The predicted octanol–water partition coefficient (Wildman–Crippen LogP) is 4.06. The molecule has 0 aliphatic rings. The normalized spacial score (nSPS) is 12.6. The molecule has 0 aliphatic heterocycles. The van der Waals surface area contributed by atoms with Crippen LogP contribution >= 0.6 is 11.8 Å². The molecule has 0 spiro atoms. The third-order valence-electron chi connectivity index (χ3n) is 3.69. The van der Waals surface area contributed by atoms with E-state index in [0.29, 0.717) is 6.54 Å². The third-order valence-corrected chi connectivity index (χ3v) is 4.43. The van der Waals surface area contributed by atoms with E-state index in [1.807, 2.05) is 30.3 Å². The van der Waals surface area contributed by atoms with Gasteiger partial charge in [-0.15, -0.1) is 0 Å². The maximum absolute atomic E-state index is 12.6. The highest BCUT2D eigenvalue weighted by molar-refractivity contribution is 8.00. The second-order valence-corrected chi connectivity index (χ2v) is 6.76. The number of halogens is 3. The molecule has 1 heterocycles. The molecule has 5 nitrogen and oxygen atoms in total. The summed E-state index contributed by atoms with van der Waals surface area (Å²) >= 11 is -0.216. The zero-order valence-corrected chi connectivity index (χ0v) is 14.7. The largest absolute Gasteiger partial charge is 0.446 e. The van der Waals surface area contributed by atoms with E-state index >= 15 is 0 Å². The Hall–Kier alpha value is -2.81. The van der Waals surface area contributed by atoms with Gasteiger partial charge in [0.15, 0.2) is 0 Å². The Balaban J connectivity index is 1.74. The van der Waals surface area contributed by atoms with Crippen LogP contribution in [-0.4, -0.2) is 26.2 Å². The Kier molecular flexibility index (Phi) is 5.80. The van der Waals surface area contributed by atoms with E-state index in [1.54, 1.807) is 11.0 Å². The van der Waals surface area contributed by atoms with Gasteiger partial charge in [-0.2, -0.15) is 18.3 Å². The number of carbonyl (C=O) groups excluding carboxylic acids is 1. The molecule has 0 aliphatic carbocycles. The van der Waals surface area contributed by atoms with Gasteiger partial charge in [-0.25, -0.2) is 4.98 Å². The number of carbonyl (C=O) groups is 1. The topological polar surface area (TPSA) is 59.8 Å². The molecule has 0 radical (unpaired) electrons. The van der Waals surface area contributed by atoms with Crippen molar-refractivity contribution in [2.24, 2.45) is 0 Å². The van der Waals surface area contributed by atoms with Gasteiger partial charge in [-0.3, -0.25) is 9.48 Å². The Morgan fingerprint density at radius 2 is 1.81 bits per heavy atom. The first kappa shape index (κ1) is 19.0. The first-order valence-corrected chi connectivity index (χ1v) is 8.76. The number of rotatable bonds is 6. The summed E-state index contributed by atoms with van der Waals surface area (Å²) in [6.45, 7) is 0.373. The van der Waals surface area contributed by atoms with Crippen LogP contribution in [0.4, 0.5) is 13.2 Å². The summed E-state index contributed by atoms with van der Waals surface area (Å²) in [6, 6.07) is 14.3. The van der Waals surface area contributed by atoms with Crippen LogP contribution in [0.15, 0.2) is 72.1 Å². The van der Waals surface area contributed by atoms with E-state index in [9.17, 15) is 18.0 Å². The first-order chi connectivity index (χ1) is 12.9. The fraction of sp³-hybridized carbons (Fsp3) is 0.167. The maximum Gasteiger partial charge on any atom is 0.446 e. The van der Waals surface area contributed by atoms with Gasteiger partial charge in [0.05, 0.1) is 12.6 Å². The number of hydrogen-bond donors (Lipinski definition) is 1. The van der Waals surface area contributed by atoms with Gasteiger partial charge < -0.3 is 5.32 Å². The van der Waals surface area contributed by atoms with Crippen LogP contribution in [0, 0.1) is 0 Å². The lowest BCUT2D eigenvalue weighted by Gasteiger charge is -2.19. The molecule has 9 heteroatoms. The van der Waals surface area contributed by atoms with Crippen LogP contribution in [0.1, 0.15) is 22.0 Å². The van der Waals surface area contributed by atoms with Gasteiger partial charge in [-0.1, -0.05) is 30.3 Å². The lowest BCUT2D eigenvalue weighted by molar-refractivity contribution is -0.0328. The molecule has 3 aromatic rings. The van der Waals surface area contributed by atoms with Gasteiger partial charge in [0, 0.05) is 10.5 Å². The van der Waals surface area contributed by atoms with E-state index in [4.69, 9.17) is 0 Å². The molecule has 0 fully saturated rings. The third kappa shape index (κ3) is 5.58. The summed E-state index contributed by atoms with van der Waals surface area (Å²) in [6.07, 6.45) is 2.95. The van der Waals surface area contributed by atoms with E-state index in [1.165, 1.54) is 30.6 Å². The van der Waals surface area contributed by atoms with Crippen LogP contribution in [0.25, 0.3) is 0 Å². The minimum atomic E-state index is -4.36. The Labute approximate surface area is 157 Å². The molecule has 1 amide bonds. The average Bonchev–Trinajstić information content (AvgIpc) is 3.14. The molecule has 2 aromatic carbocycles. The molecule has 0 saturated carbocycles. The highest BCUT2D eigenvalue weighted by Gasteiger charge is 2.29. The monoisotopic (exact) mass is 392 g/mol. The SMILES string of the molecule is O=C(NC(Cn1cncn1)c1ccccc1)c1ccc(SC(F)(F)F)cc1. The van der Waals surface area contributed by atoms with E-state index in [-0.39, 0.29) is 34.2 Å². The number of nitrogens with zero attached hydrogens (tertiary/aromatic N) is 3. The smallest absolute Gasteiger partial charge is 0.343 e. The molecule has 0 bridgehead atoms. The number of thioether (sulfide) groups is 1. The standard InChI is InChI=1S/C18H15F3N4OS/c19-18(20,21)27-15-8-6-14(7-9-15)17(26)24-16(10-25-12-22-11-23-25)13-4-2-1-3-5-13/h1-9,11-12,16H,10H2,(H,24,26). The van der Waals surface area contributed by atoms with Crippen molar-refractivity contribution in [3.05, 3.63) is 78.4 Å². The van der Waals surface area contributed by atoms with Gasteiger partial charge >= 0.3 is 5.51 Å². The molecular weight excluding hydrogens is 377 g/mol. The highest BCUT2D eigenvalue weighted by atomic mass is 32.2. The van der Waals surface area contributed by atoms with Crippen molar-refractivity contribution in [2.75, 3.05) is 0 Å². The van der Waals surface area contributed by atoms with Crippen LogP contribution < -0.4 is 5.32 Å². The number of hydrogen-bond acceptors (Lipinski definition) is 4. The number of nitrogens with one attached hydrogen (secondary N) is 1. The van der Waals surface area contributed by atoms with Crippen molar-refractivity contribution < 1.29 is 18.0 Å². The lowest BCUT2D eigenvalue weighted by Crippen LogP contribution is -2.31. The molecule has 27 heavy (non-hydrogen) atoms. The van der Waals surface area contributed by atoms with E-state index < -0.39 is 5.51 Å². The van der Waals surface area contributed by atoms with Crippen LogP contribution in [0.3, 0.4) is 0 Å². The second kappa shape index (κ2) is 8.26. The number of benzene rings is 2. The summed E-state index contributed by atoms with van der Waals surface area (Å²) in [5.74, 6) is -0.382. The zero-order chi connectivity index (χ0) is 19.3. The molecule has 1 aromatic heterocycles. The Morgan fingerprint density at radius 3 is 2.41 bits per heavy atom. The molecular formula is C18H15F3N4OS. The van der Waals surface area contributed by atoms with Crippen molar-refractivity contribution in [1.29, 1.82) is 0 Å². The van der Waals surface area contributed by atoms with Gasteiger partial charge in [0.25, 0.3) is 5.91 Å². The maximum atomic E-state index is 12.6. The summed E-state index contributed by atoms with van der Waals surface area (Å²) in [5, 5.41) is 6.95. The minimum absolute atomic E-state index is 0.0290. The number of aromatic nitrogens is 3. The summed E-state index contributed by atoms with van der Waals surface area (Å²) in [4.78, 5) is 16.5. The lowest BCUT2D eigenvalue weighted by atomic mass is 10.1. The molecule has 0 saturated heterocycles. The van der Waals surface area contributed by atoms with E-state index in [2.05, 4.69) is 15.4 Å². The summed E-state index contributed by atoms with van der Waals surface area (Å²) in [7, 11) is 0. The van der Waals surface area contributed by atoms with Crippen molar-refractivity contribution in [3.63, 3.8) is 0 Å². The van der Waals surface area contributed by atoms with Gasteiger partial charge in [0.2, 0.25) is 0 Å². The molecule has 1 unspecified atom stereocenters. The molecule has 3 rings (SSSR count). The van der Waals surface area contributed by atoms with E-state index in [0.717, 1.165) is 5.56 Å². The quantitative estimate of drug-likeness (QED) is 0.643. The first-order valence-electron chi connectivity index (χ1n) is 7.95. The number of amides is 1. The van der Waals surface area contributed by atoms with Crippen molar-refractivity contribution in [2.45, 2.75) is 23.0 Å². The predicted molar refractivity (Wildman–Crippen MR) is 95.0 cm³/mol. The molecule has 1 N–H and O–H groups in total. The fourth-order valence-corrected chi connectivity index (χ4v) is 3.02. The van der Waals surface area contributed by atoms with Crippen molar-refractivity contribution in [1.82, 2.24) is 20.1 Å². The molecule has 140 valence electrons. The second-order valence-electron chi connectivity index (χ2n) is 5.63. The summed E-state index contributed by atoms with van der Waals surface area (Å²) in [5.41, 5.74) is -3.20.